The third kappa shape index (κ3) is 14.5. The number of nitrogens with one attached hydrogen (secondary N) is 2. The number of unbranched alkanes of at least 4 members (excludes halogenated alkanes) is 1. The van der Waals surface area contributed by atoms with Crippen molar-refractivity contribution in [2.45, 2.75) is 87.5 Å². The average Bonchev–Trinajstić information content (AvgIpc) is 3.64. The summed E-state index contributed by atoms with van der Waals surface area (Å²) in [6, 6.07) is 21.8. The van der Waals surface area contributed by atoms with Gasteiger partial charge in [0.15, 0.2) is 5.71 Å². The molecule has 0 radical (unpaired) electrons. The van der Waals surface area contributed by atoms with Crippen molar-refractivity contribution in [2.24, 2.45) is 5.14 Å². The number of carbonyl (C=O) groups is 2. The maximum Gasteiger partial charge on any atom is 0.425 e. The largest absolute Gasteiger partial charge is 0.425 e. The molecule has 1 aromatic heterocycles. The summed E-state index contributed by atoms with van der Waals surface area (Å²) in [5.41, 5.74) is 5.97. The molecule has 2 amide bonds. The molecule has 0 unspecified atom stereocenters. The first-order chi connectivity index (χ1) is 33.1. The number of nitrogens with zero attached hydrogens (tertiary/aromatic N) is 3. The van der Waals surface area contributed by atoms with E-state index >= 15 is 0 Å². The number of rotatable bonds is 19. The number of pyridine rings is 1. The lowest BCUT2D eigenvalue weighted by molar-refractivity contribution is -0.438. The lowest BCUT2D eigenvalue weighted by Crippen LogP contribution is -2.30. The van der Waals surface area contributed by atoms with Crippen molar-refractivity contribution in [1.82, 2.24) is 15.6 Å². The maximum atomic E-state index is 13.3. The molecule has 0 aliphatic carbocycles. The number of fused-ring (bicyclic) bond motifs is 2. The first-order valence-corrected chi connectivity index (χ1v) is 27.8. The van der Waals surface area contributed by atoms with Gasteiger partial charge in [-0.15, -0.1) is 12.6 Å². The van der Waals surface area contributed by atoms with Crippen LogP contribution in [0, 0.1) is 0 Å². The minimum Gasteiger partial charge on any atom is -0.352 e. The van der Waals surface area contributed by atoms with Gasteiger partial charge in [0, 0.05) is 78.8 Å². The fourth-order valence-electron chi connectivity index (χ4n) is 8.43. The van der Waals surface area contributed by atoms with E-state index in [1.807, 2.05) is 49.1 Å². The van der Waals surface area contributed by atoms with Crippen LogP contribution in [0.15, 0.2) is 125 Å². The van der Waals surface area contributed by atoms with Crippen molar-refractivity contribution < 1.29 is 61.2 Å². The molecule has 2 aliphatic rings. The fourth-order valence-corrected chi connectivity index (χ4v) is 10.0. The molecule has 4 aromatic rings. The SMILES string of the molecule is CCCC[N+]1=C(/C=C/C(=C/C=C2/N(CCCS(=O)(=O)O)c3ccc(S(=O)(=O)O)cc3C2(C)C)c2ccc(C(=O)NCCC(=O)NCc3cccc(S(N)(=O)=O)c3)cn2)C(C)(C)c2ccccc21.O=S(=O)=O. The summed E-state index contributed by atoms with van der Waals surface area (Å²) < 4.78 is 119. The number of sulfonamides is 1. The number of hydrogen-bond acceptors (Lipinski definition) is 13. The molecule has 0 saturated heterocycles. The quantitative estimate of drug-likeness (QED) is 0.0459. The van der Waals surface area contributed by atoms with Crippen molar-refractivity contribution in [3.63, 3.8) is 0 Å². The standard InChI is InChI=1S/C48H56N6O10S3.O3S/c1-6-7-26-53-41-15-9-8-14-38(41)47(2,3)43(53)22-17-34(18-23-44-48(4,5)39-30-37(67(62,63)64)19-21-42(39)54(44)27-11-28-65(57,58)59)40-20-16-35(32-51-40)46(56)50-25-24-45(55)52-31-33-12-10-13-36(29-33)66(49,60)61;1-4(2)3/h8-10,12-23,29-30,32H,6-7,11,24-28,31H2,1-5H3,(H5-,49,50,52,55,56,57,58,59,60,61,62,63,64);/p+1. The Balaban J connectivity index is 0.00000226. The van der Waals surface area contributed by atoms with Gasteiger partial charge in [0.2, 0.25) is 21.6 Å². The number of carbonyl (C=O) groups excluding carboxylic acids is 2. The van der Waals surface area contributed by atoms with Crippen LogP contribution in [0.25, 0.3) is 5.57 Å². The molecule has 3 aromatic carbocycles. The summed E-state index contributed by atoms with van der Waals surface area (Å²) in [5.74, 6) is -1.32. The monoisotopic (exact) mass is 1050 g/mol. The number of aromatic nitrogens is 1. The highest BCUT2D eigenvalue weighted by molar-refractivity contribution is 7.89. The molecule has 380 valence electrons. The van der Waals surface area contributed by atoms with E-state index in [0.29, 0.717) is 33.8 Å². The second-order valence-electron chi connectivity index (χ2n) is 17.7. The molecule has 19 nitrogen and oxygen atoms in total. The van der Waals surface area contributed by atoms with Crippen LogP contribution < -0.4 is 20.7 Å². The van der Waals surface area contributed by atoms with Crippen molar-refractivity contribution >= 4 is 75.3 Å². The normalized spacial score (nSPS) is 15.8. The second kappa shape index (κ2) is 22.9. The Bertz CT molecular complexity index is 3270. The highest BCUT2D eigenvalue weighted by Gasteiger charge is 2.44. The Labute approximate surface area is 415 Å². The van der Waals surface area contributed by atoms with Gasteiger partial charge in [-0.25, -0.2) is 13.6 Å². The third-order valence-electron chi connectivity index (χ3n) is 12.0. The van der Waals surface area contributed by atoms with E-state index in [2.05, 4.69) is 54.2 Å². The van der Waals surface area contributed by atoms with Crippen LogP contribution in [0.1, 0.15) is 93.0 Å². The van der Waals surface area contributed by atoms with Crippen LogP contribution in [0.4, 0.5) is 11.4 Å². The van der Waals surface area contributed by atoms with Gasteiger partial charge in [-0.2, -0.15) is 21.4 Å². The number of nitrogens with two attached hydrogens (primary N) is 1. The molecule has 6 N–H and O–H groups in total. The van der Waals surface area contributed by atoms with Crippen LogP contribution in [0.5, 0.6) is 0 Å². The van der Waals surface area contributed by atoms with E-state index in [-0.39, 0.29) is 59.2 Å². The van der Waals surface area contributed by atoms with Gasteiger partial charge in [-0.3, -0.25) is 23.7 Å². The number of benzene rings is 3. The third-order valence-corrected chi connectivity index (χ3v) is 14.6. The number of amides is 2. The smallest absolute Gasteiger partial charge is 0.352 e. The Hall–Kier alpha value is -6.21. The van der Waals surface area contributed by atoms with Crippen molar-refractivity contribution in [3.05, 3.63) is 143 Å². The summed E-state index contributed by atoms with van der Waals surface area (Å²) in [4.78, 5) is 32.1. The zero-order valence-electron chi connectivity index (χ0n) is 39.7. The minimum absolute atomic E-state index is 0.0149. The predicted octanol–water partition coefficient (Wildman–Crippen LogP) is 5.18. The van der Waals surface area contributed by atoms with Crippen LogP contribution in [-0.4, -0.2) is 99.5 Å². The zero-order chi connectivity index (χ0) is 52.5. The van der Waals surface area contributed by atoms with Gasteiger partial charge in [0.25, 0.3) is 26.1 Å². The van der Waals surface area contributed by atoms with Crippen LogP contribution >= 0.6 is 0 Å². The topological polar surface area (TPSA) is 297 Å². The Morgan fingerprint density at radius 1 is 0.845 bits per heavy atom. The van der Waals surface area contributed by atoms with E-state index < -0.39 is 57.9 Å². The number of allylic oxidation sites excluding steroid dienone is 6. The highest BCUT2D eigenvalue weighted by Crippen LogP contribution is 2.49. The zero-order valence-corrected chi connectivity index (χ0v) is 43.0. The molecule has 2 aliphatic heterocycles. The van der Waals surface area contributed by atoms with Crippen molar-refractivity contribution in [1.29, 1.82) is 0 Å². The van der Waals surface area contributed by atoms with E-state index in [9.17, 15) is 43.9 Å². The van der Waals surface area contributed by atoms with Gasteiger partial charge < -0.3 is 15.5 Å². The molecule has 0 saturated carbocycles. The number of hydrogen-bond donors (Lipinski definition) is 5. The molecule has 0 bridgehead atoms. The van der Waals surface area contributed by atoms with Crippen LogP contribution in [0.2, 0.25) is 0 Å². The summed E-state index contributed by atoms with van der Waals surface area (Å²) in [7, 11) is -15.8. The summed E-state index contributed by atoms with van der Waals surface area (Å²) in [6.07, 6.45) is 11.1. The van der Waals surface area contributed by atoms with Gasteiger partial charge in [0.1, 0.15) is 6.54 Å². The minimum atomic E-state index is -4.55. The first kappa shape index (κ1) is 55.7. The second-order valence-corrected chi connectivity index (χ2v) is 22.7. The summed E-state index contributed by atoms with van der Waals surface area (Å²) in [6.45, 7) is 11.3. The van der Waals surface area contributed by atoms with Gasteiger partial charge in [-0.1, -0.05) is 63.6 Å². The molecular weight excluding hydrogens is 997 g/mol. The number of primary sulfonamides is 1. The fraction of sp³-hybridized carbons (Fsp3) is 0.333. The van der Waals surface area contributed by atoms with Gasteiger partial charge in [0.05, 0.1) is 32.2 Å². The molecule has 0 atom stereocenters. The van der Waals surface area contributed by atoms with E-state index in [4.69, 9.17) is 22.7 Å². The van der Waals surface area contributed by atoms with E-state index in [0.717, 1.165) is 30.8 Å². The summed E-state index contributed by atoms with van der Waals surface area (Å²) in [5, 5.41) is 10.7. The van der Waals surface area contributed by atoms with Gasteiger partial charge >= 0.3 is 10.6 Å². The highest BCUT2D eigenvalue weighted by atomic mass is 32.2. The summed E-state index contributed by atoms with van der Waals surface area (Å²) >= 11 is 0. The number of anilines is 1. The molecule has 3 heterocycles. The molecule has 6 rings (SSSR count). The van der Waals surface area contributed by atoms with Crippen LogP contribution in [0.3, 0.4) is 0 Å². The Kier molecular flexibility index (Phi) is 18.0. The lowest BCUT2D eigenvalue weighted by Gasteiger charge is -2.27. The van der Waals surface area contributed by atoms with Crippen molar-refractivity contribution in [3.8, 4) is 0 Å². The van der Waals surface area contributed by atoms with Crippen molar-refractivity contribution in [2.75, 3.05) is 30.3 Å². The molecule has 71 heavy (non-hydrogen) atoms. The molecule has 0 fully saturated rings. The predicted molar refractivity (Wildman–Crippen MR) is 268 cm³/mol. The first-order valence-electron chi connectivity index (χ1n) is 22.2. The Morgan fingerprint density at radius 2 is 1.55 bits per heavy atom. The van der Waals surface area contributed by atoms with E-state index in [1.165, 1.54) is 42.1 Å². The molecule has 0 spiro atoms. The molecular formula is C48H57N6O13S4+. The Morgan fingerprint density at radius 3 is 2.18 bits per heavy atom. The lowest BCUT2D eigenvalue weighted by atomic mass is 9.81. The number of para-hydroxylation sites is 1. The average molecular weight is 1050 g/mol. The van der Waals surface area contributed by atoms with Crippen LogP contribution in [-0.2, 0) is 63.0 Å². The molecule has 23 heteroatoms. The van der Waals surface area contributed by atoms with Gasteiger partial charge in [-0.05, 0) is 86.0 Å². The maximum absolute atomic E-state index is 13.3. The van der Waals surface area contributed by atoms with E-state index in [1.54, 1.807) is 24.3 Å².